The van der Waals surface area contributed by atoms with Gasteiger partial charge < -0.3 is 19.1 Å². The second-order valence-corrected chi connectivity index (χ2v) is 9.62. The van der Waals surface area contributed by atoms with Gasteiger partial charge in [-0.1, -0.05) is 30.3 Å². The summed E-state index contributed by atoms with van der Waals surface area (Å²) in [4.78, 5) is 23.9. The topological polar surface area (TPSA) is 52.8 Å². The molecular weight excluding hydrogens is 400 g/mol. The summed E-state index contributed by atoms with van der Waals surface area (Å²) in [6, 6.07) is 17.9. The van der Waals surface area contributed by atoms with Crippen LogP contribution in [0.2, 0.25) is 0 Å². The molecule has 1 spiro atoms. The molecule has 0 atom stereocenters. The number of oxazole rings is 1. The van der Waals surface area contributed by atoms with Crippen molar-refractivity contribution in [1.82, 2.24) is 9.88 Å². The largest absolute Gasteiger partial charge is 0.423 e. The summed E-state index contributed by atoms with van der Waals surface area (Å²) in [6.45, 7) is 6.71. The number of nitrogens with zero attached hydrogens (tertiary/aromatic N) is 4. The number of aromatic nitrogens is 1. The van der Waals surface area contributed by atoms with Gasteiger partial charge in [-0.3, -0.25) is 4.79 Å². The molecule has 0 aliphatic carbocycles. The number of carbonyl (C=O) groups is 1. The fraction of sp³-hybridized carbons (Fsp3) is 0.462. The van der Waals surface area contributed by atoms with Crippen molar-refractivity contribution in [2.75, 3.05) is 42.5 Å². The van der Waals surface area contributed by atoms with Gasteiger partial charge in [0, 0.05) is 43.7 Å². The van der Waals surface area contributed by atoms with E-state index in [2.05, 4.69) is 33.0 Å². The summed E-state index contributed by atoms with van der Waals surface area (Å²) >= 11 is 0. The Morgan fingerprint density at radius 2 is 1.72 bits per heavy atom. The van der Waals surface area contributed by atoms with E-state index < -0.39 is 0 Å². The predicted octanol–water partition coefficient (Wildman–Crippen LogP) is 4.20. The van der Waals surface area contributed by atoms with Gasteiger partial charge in [-0.05, 0) is 62.5 Å². The first-order valence-electron chi connectivity index (χ1n) is 11.9. The Bertz CT molecular complexity index is 1110. The number of benzene rings is 2. The average Bonchev–Trinajstić information content (AvgIpc) is 3.40. The molecule has 0 N–H and O–H groups in total. The lowest BCUT2D eigenvalue weighted by atomic mass is 9.74. The molecule has 1 aromatic heterocycles. The highest BCUT2D eigenvalue weighted by Crippen LogP contribution is 2.47. The lowest BCUT2D eigenvalue weighted by molar-refractivity contribution is -0.116. The Morgan fingerprint density at radius 3 is 2.47 bits per heavy atom. The molecule has 6 heteroatoms. The van der Waals surface area contributed by atoms with Gasteiger partial charge in [0.15, 0.2) is 5.58 Å². The van der Waals surface area contributed by atoms with E-state index in [-0.39, 0.29) is 11.3 Å². The molecule has 166 valence electrons. The molecule has 32 heavy (non-hydrogen) atoms. The number of hydrogen-bond donors (Lipinski definition) is 0. The van der Waals surface area contributed by atoms with Crippen molar-refractivity contribution in [2.24, 2.45) is 0 Å². The van der Waals surface area contributed by atoms with E-state index in [4.69, 9.17) is 4.42 Å². The lowest BCUT2D eigenvalue weighted by Crippen LogP contribution is -2.52. The van der Waals surface area contributed by atoms with Crippen LogP contribution >= 0.6 is 0 Å². The van der Waals surface area contributed by atoms with Crippen molar-refractivity contribution in [2.45, 2.75) is 44.1 Å². The number of amides is 1. The molecule has 1 amide bonds. The molecule has 6 rings (SSSR count). The van der Waals surface area contributed by atoms with E-state index in [1.165, 1.54) is 5.56 Å². The third kappa shape index (κ3) is 3.20. The number of likely N-dealkylation sites (tertiary alicyclic amines) is 1. The number of hydrogen-bond acceptors (Lipinski definition) is 5. The zero-order chi connectivity index (χ0) is 21.7. The Labute approximate surface area is 188 Å². The number of piperidine rings is 2. The summed E-state index contributed by atoms with van der Waals surface area (Å²) in [5, 5.41) is 0. The molecule has 0 saturated carbocycles. The number of anilines is 2. The van der Waals surface area contributed by atoms with Crippen LogP contribution in [-0.4, -0.2) is 54.6 Å². The first kappa shape index (κ1) is 19.8. The average molecular weight is 431 g/mol. The monoisotopic (exact) mass is 430 g/mol. The van der Waals surface area contributed by atoms with Gasteiger partial charge in [-0.2, -0.15) is 4.98 Å². The summed E-state index contributed by atoms with van der Waals surface area (Å²) in [7, 11) is 0. The molecule has 2 aromatic carbocycles. The summed E-state index contributed by atoms with van der Waals surface area (Å²) in [5.41, 5.74) is 4.42. The highest BCUT2D eigenvalue weighted by molar-refractivity contribution is 5.94. The molecule has 0 radical (unpaired) electrons. The van der Waals surface area contributed by atoms with Crippen LogP contribution in [0.1, 0.15) is 38.2 Å². The maximum absolute atomic E-state index is 12.2. The second kappa shape index (κ2) is 7.62. The lowest BCUT2D eigenvalue weighted by Gasteiger charge is -2.45. The molecule has 3 aromatic rings. The Kier molecular flexibility index (Phi) is 4.72. The van der Waals surface area contributed by atoms with Crippen LogP contribution in [0.4, 0.5) is 11.7 Å². The maximum Gasteiger partial charge on any atom is 0.298 e. The summed E-state index contributed by atoms with van der Waals surface area (Å²) in [6.07, 6.45) is 4.53. The third-order valence-corrected chi connectivity index (χ3v) is 7.90. The molecule has 6 nitrogen and oxygen atoms in total. The number of para-hydroxylation sites is 3. The van der Waals surface area contributed by atoms with Gasteiger partial charge in [0.2, 0.25) is 5.91 Å². The standard InChI is InChI=1S/C26H30N4O2/c1-19(31)30-18-26(21-6-2-4-8-23(21)30)12-16-28(17-13-26)20-10-14-29(15-11-20)25-27-22-7-3-5-9-24(22)32-25/h2-9,20H,10-18H2,1H3. The molecule has 0 unspecified atom stereocenters. The van der Waals surface area contributed by atoms with Crippen LogP contribution < -0.4 is 9.80 Å². The van der Waals surface area contributed by atoms with Crippen molar-refractivity contribution >= 4 is 28.7 Å². The van der Waals surface area contributed by atoms with Crippen molar-refractivity contribution in [3.63, 3.8) is 0 Å². The highest BCUT2D eigenvalue weighted by atomic mass is 16.4. The molecule has 3 aliphatic rings. The van der Waals surface area contributed by atoms with Gasteiger partial charge in [0.05, 0.1) is 0 Å². The summed E-state index contributed by atoms with van der Waals surface area (Å²) in [5.74, 6) is 0.156. The van der Waals surface area contributed by atoms with E-state index in [0.717, 1.165) is 81.2 Å². The zero-order valence-corrected chi connectivity index (χ0v) is 18.7. The van der Waals surface area contributed by atoms with Crippen LogP contribution in [-0.2, 0) is 10.2 Å². The van der Waals surface area contributed by atoms with Crippen molar-refractivity contribution in [3.05, 3.63) is 54.1 Å². The maximum atomic E-state index is 12.2. The highest BCUT2D eigenvalue weighted by Gasteiger charge is 2.46. The number of fused-ring (bicyclic) bond motifs is 3. The predicted molar refractivity (Wildman–Crippen MR) is 126 cm³/mol. The summed E-state index contributed by atoms with van der Waals surface area (Å²) < 4.78 is 5.98. The quantitative estimate of drug-likeness (QED) is 0.610. The number of rotatable bonds is 2. The van der Waals surface area contributed by atoms with Crippen LogP contribution in [0.5, 0.6) is 0 Å². The van der Waals surface area contributed by atoms with Crippen molar-refractivity contribution in [1.29, 1.82) is 0 Å². The van der Waals surface area contributed by atoms with E-state index in [9.17, 15) is 4.79 Å². The SMILES string of the molecule is CC(=O)N1CC2(CCN(C3CCN(c4nc5ccccc5o4)CC3)CC2)c2ccccc21. The van der Waals surface area contributed by atoms with Crippen LogP contribution in [0.15, 0.2) is 52.9 Å². The van der Waals surface area contributed by atoms with Crippen LogP contribution in [0, 0.1) is 0 Å². The van der Waals surface area contributed by atoms with E-state index in [1.54, 1.807) is 6.92 Å². The first-order valence-corrected chi connectivity index (χ1v) is 11.9. The molecule has 3 aliphatic heterocycles. The van der Waals surface area contributed by atoms with Gasteiger partial charge in [-0.25, -0.2) is 0 Å². The minimum atomic E-state index is 0.123. The molecule has 0 bridgehead atoms. The fourth-order valence-electron chi connectivity index (χ4n) is 6.07. The Hall–Kier alpha value is -2.86. The van der Waals surface area contributed by atoms with Gasteiger partial charge >= 0.3 is 0 Å². The van der Waals surface area contributed by atoms with E-state index in [1.807, 2.05) is 35.2 Å². The van der Waals surface area contributed by atoms with Gasteiger partial charge in [-0.15, -0.1) is 0 Å². The van der Waals surface area contributed by atoms with Crippen molar-refractivity contribution in [3.8, 4) is 0 Å². The fourth-order valence-corrected chi connectivity index (χ4v) is 6.07. The zero-order valence-electron chi connectivity index (χ0n) is 18.7. The molecule has 2 fully saturated rings. The minimum absolute atomic E-state index is 0.123. The van der Waals surface area contributed by atoms with Gasteiger partial charge in [0.25, 0.3) is 6.01 Å². The van der Waals surface area contributed by atoms with Gasteiger partial charge in [0.1, 0.15) is 5.52 Å². The van der Waals surface area contributed by atoms with Crippen molar-refractivity contribution < 1.29 is 9.21 Å². The Balaban J connectivity index is 1.10. The smallest absolute Gasteiger partial charge is 0.298 e. The third-order valence-electron chi connectivity index (χ3n) is 7.90. The molecular formula is C26H30N4O2. The number of carbonyl (C=O) groups excluding carboxylic acids is 1. The van der Waals surface area contributed by atoms with Crippen LogP contribution in [0.25, 0.3) is 11.1 Å². The van der Waals surface area contributed by atoms with E-state index >= 15 is 0 Å². The molecule has 2 saturated heterocycles. The minimum Gasteiger partial charge on any atom is -0.423 e. The molecule has 4 heterocycles. The second-order valence-electron chi connectivity index (χ2n) is 9.62. The first-order chi connectivity index (χ1) is 15.6. The van der Waals surface area contributed by atoms with E-state index in [0.29, 0.717) is 6.04 Å². The normalized spacial score (nSPS) is 21.4. The Morgan fingerprint density at radius 1 is 1.00 bits per heavy atom. The van der Waals surface area contributed by atoms with Crippen LogP contribution in [0.3, 0.4) is 0 Å².